The molecule has 2 aliphatic rings. The first-order valence-corrected chi connectivity index (χ1v) is 14.8. The molecule has 5 rings (SSSR count). The van der Waals surface area contributed by atoms with Gasteiger partial charge in [0.25, 0.3) is 0 Å². The lowest BCUT2D eigenvalue weighted by molar-refractivity contribution is -0.00322. The van der Waals surface area contributed by atoms with Crippen molar-refractivity contribution in [3.05, 3.63) is 88.0 Å². The van der Waals surface area contributed by atoms with Crippen molar-refractivity contribution in [2.24, 2.45) is 11.8 Å². The first kappa shape index (κ1) is 30.5. The Bertz CT molecular complexity index is 1410. The fourth-order valence-electron chi connectivity index (χ4n) is 6.73. The predicted octanol–water partition coefficient (Wildman–Crippen LogP) is 9.94. The van der Waals surface area contributed by atoms with Crippen molar-refractivity contribution in [2.45, 2.75) is 83.8 Å². The zero-order valence-corrected chi connectivity index (χ0v) is 23.9. The van der Waals surface area contributed by atoms with E-state index in [1.54, 1.807) is 13.0 Å². The summed E-state index contributed by atoms with van der Waals surface area (Å²) in [7, 11) is 0. The quantitative estimate of drug-likeness (QED) is 0.243. The Hall–Kier alpha value is -3.00. The van der Waals surface area contributed by atoms with E-state index in [0.29, 0.717) is 17.4 Å². The second kappa shape index (κ2) is 13.1. The standard InChI is InChI=1S/C34H36F6O2/c1-3-41-28-17-16-25(31(37)34(28)40)22-7-5-20(6-8-22)21-9-12-24(13-10-21)42-18-23-11-15-27(33(39)30(23)36)26-14-4-19(2)29(35)32(26)38/h4,11,14-17,20-22,24H,3,5-10,12-13,18H2,1-2H3. The van der Waals surface area contributed by atoms with Gasteiger partial charge in [-0.1, -0.05) is 30.3 Å². The SMILES string of the molecule is CCOc1ccc(C2CCC(C3CCC(OCc4ccc(-c5ccc(C)c(F)c5F)c(F)c4F)CC3)CC2)c(F)c1F. The monoisotopic (exact) mass is 590 g/mol. The summed E-state index contributed by atoms with van der Waals surface area (Å²) in [6, 6.07) is 8.35. The lowest BCUT2D eigenvalue weighted by atomic mass is 9.69. The normalized spacial score (nSPS) is 22.8. The summed E-state index contributed by atoms with van der Waals surface area (Å²) in [6.07, 6.45) is 6.98. The van der Waals surface area contributed by atoms with Crippen molar-refractivity contribution in [1.82, 2.24) is 0 Å². The molecule has 3 aromatic carbocycles. The highest BCUT2D eigenvalue weighted by molar-refractivity contribution is 5.66. The molecule has 0 heterocycles. The second-order valence-corrected chi connectivity index (χ2v) is 11.6. The van der Waals surface area contributed by atoms with E-state index in [1.807, 2.05) is 0 Å². The van der Waals surface area contributed by atoms with Crippen LogP contribution in [0.5, 0.6) is 5.75 Å². The van der Waals surface area contributed by atoms with Gasteiger partial charge in [0.1, 0.15) is 0 Å². The molecule has 2 fully saturated rings. The van der Waals surface area contributed by atoms with Crippen molar-refractivity contribution >= 4 is 0 Å². The van der Waals surface area contributed by atoms with Gasteiger partial charge in [0.2, 0.25) is 5.82 Å². The summed E-state index contributed by atoms with van der Waals surface area (Å²) in [6.45, 7) is 3.29. The van der Waals surface area contributed by atoms with Crippen LogP contribution < -0.4 is 4.74 Å². The Morgan fingerprint density at radius 1 is 0.619 bits per heavy atom. The van der Waals surface area contributed by atoms with Gasteiger partial charge in [-0.2, -0.15) is 4.39 Å². The highest BCUT2D eigenvalue weighted by atomic mass is 19.2. The molecule has 2 nitrogen and oxygen atoms in total. The van der Waals surface area contributed by atoms with Gasteiger partial charge in [-0.05, 0) is 100 Å². The van der Waals surface area contributed by atoms with Crippen LogP contribution in [0.2, 0.25) is 0 Å². The summed E-state index contributed by atoms with van der Waals surface area (Å²) in [5.74, 6) is -5.38. The summed E-state index contributed by atoms with van der Waals surface area (Å²) < 4.78 is 98.2. The highest BCUT2D eigenvalue weighted by Crippen LogP contribution is 2.44. The van der Waals surface area contributed by atoms with Crippen LogP contribution in [-0.4, -0.2) is 12.7 Å². The first-order chi connectivity index (χ1) is 20.2. The fourth-order valence-corrected chi connectivity index (χ4v) is 6.73. The summed E-state index contributed by atoms with van der Waals surface area (Å²) in [4.78, 5) is 0. The molecule has 0 atom stereocenters. The average Bonchev–Trinajstić information content (AvgIpc) is 3.00. The Kier molecular flexibility index (Phi) is 9.50. The molecule has 2 saturated carbocycles. The number of rotatable bonds is 8. The molecule has 2 aliphatic carbocycles. The van der Waals surface area contributed by atoms with Crippen molar-refractivity contribution in [2.75, 3.05) is 6.61 Å². The minimum atomic E-state index is -1.23. The van der Waals surface area contributed by atoms with E-state index in [-0.39, 0.29) is 53.2 Å². The van der Waals surface area contributed by atoms with E-state index in [4.69, 9.17) is 9.47 Å². The van der Waals surface area contributed by atoms with E-state index in [9.17, 15) is 26.3 Å². The van der Waals surface area contributed by atoms with Crippen LogP contribution in [-0.2, 0) is 11.3 Å². The average molecular weight is 591 g/mol. The molecule has 0 aromatic heterocycles. The maximum absolute atomic E-state index is 14.9. The Labute approximate surface area is 243 Å². The Balaban J connectivity index is 1.12. The third kappa shape index (κ3) is 6.19. The van der Waals surface area contributed by atoms with E-state index < -0.39 is 34.9 Å². The number of benzene rings is 3. The van der Waals surface area contributed by atoms with Crippen LogP contribution in [0.1, 0.15) is 80.9 Å². The van der Waals surface area contributed by atoms with E-state index >= 15 is 0 Å². The third-order valence-electron chi connectivity index (χ3n) is 9.18. The minimum Gasteiger partial charge on any atom is -0.491 e. The molecule has 0 spiro atoms. The molecule has 0 amide bonds. The van der Waals surface area contributed by atoms with Crippen molar-refractivity contribution in [1.29, 1.82) is 0 Å². The highest BCUT2D eigenvalue weighted by Gasteiger charge is 2.33. The van der Waals surface area contributed by atoms with Crippen LogP contribution in [0, 0.1) is 53.7 Å². The number of halogens is 6. The number of hydrogen-bond donors (Lipinski definition) is 0. The van der Waals surface area contributed by atoms with Gasteiger partial charge >= 0.3 is 0 Å². The Morgan fingerprint density at radius 3 is 1.86 bits per heavy atom. The molecule has 3 aromatic rings. The molecule has 0 unspecified atom stereocenters. The molecule has 0 bridgehead atoms. The molecule has 0 N–H and O–H groups in total. The minimum absolute atomic E-state index is 0.00528. The lowest BCUT2D eigenvalue weighted by Gasteiger charge is -2.38. The zero-order valence-electron chi connectivity index (χ0n) is 23.9. The van der Waals surface area contributed by atoms with Gasteiger partial charge in [0.05, 0.1) is 19.3 Å². The van der Waals surface area contributed by atoms with Crippen LogP contribution >= 0.6 is 0 Å². The van der Waals surface area contributed by atoms with Crippen molar-refractivity contribution in [3.63, 3.8) is 0 Å². The lowest BCUT2D eigenvalue weighted by Crippen LogP contribution is -2.28. The first-order valence-electron chi connectivity index (χ1n) is 14.8. The van der Waals surface area contributed by atoms with E-state index in [1.165, 1.54) is 37.3 Å². The summed E-state index contributed by atoms with van der Waals surface area (Å²) in [5, 5.41) is 0. The van der Waals surface area contributed by atoms with E-state index in [0.717, 1.165) is 51.4 Å². The number of hydrogen-bond acceptors (Lipinski definition) is 2. The largest absolute Gasteiger partial charge is 0.491 e. The van der Waals surface area contributed by atoms with Gasteiger partial charge in [0, 0.05) is 16.7 Å². The molecule has 0 radical (unpaired) electrons. The van der Waals surface area contributed by atoms with Gasteiger partial charge in [-0.25, -0.2) is 22.0 Å². The molecule has 0 saturated heterocycles. The molecular formula is C34H36F6O2. The smallest absolute Gasteiger partial charge is 0.200 e. The maximum atomic E-state index is 14.9. The topological polar surface area (TPSA) is 18.5 Å². The fraction of sp³-hybridized carbons (Fsp3) is 0.471. The van der Waals surface area contributed by atoms with E-state index in [2.05, 4.69) is 0 Å². The Morgan fingerprint density at radius 2 is 1.21 bits per heavy atom. The predicted molar refractivity (Wildman–Crippen MR) is 149 cm³/mol. The van der Waals surface area contributed by atoms with Crippen LogP contribution in [0.25, 0.3) is 11.1 Å². The zero-order chi connectivity index (χ0) is 30.0. The van der Waals surface area contributed by atoms with Crippen molar-refractivity contribution in [3.8, 4) is 16.9 Å². The number of aryl methyl sites for hydroxylation is 1. The maximum Gasteiger partial charge on any atom is 0.200 e. The molecular weight excluding hydrogens is 554 g/mol. The van der Waals surface area contributed by atoms with Crippen molar-refractivity contribution < 1.29 is 35.8 Å². The van der Waals surface area contributed by atoms with Gasteiger partial charge in [-0.15, -0.1) is 0 Å². The van der Waals surface area contributed by atoms with Gasteiger partial charge < -0.3 is 9.47 Å². The van der Waals surface area contributed by atoms with Gasteiger partial charge in [0.15, 0.2) is 34.8 Å². The molecule has 8 heteroatoms. The second-order valence-electron chi connectivity index (χ2n) is 11.6. The third-order valence-corrected chi connectivity index (χ3v) is 9.18. The van der Waals surface area contributed by atoms with Crippen LogP contribution in [0.3, 0.4) is 0 Å². The number of ether oxygens (including phenoxy) is 2. The molecule has 42 heavy (non-hydrogen) atoms. The molecule has 226 valence electrons. The summed E-state index contributed by atoms with van der Waals surface area (Å²) in [5.41, 5.74) is -0.119. The molecule has 0 aliphatic heterocycles. The summed E-state index contributed by atoms with van der Waals surface area (Å²) >= 11 is 0. The van der Waals surface area contributed by atoms with Gasteiger partial charge in [-0.3, -0.25) is 0 Å². The van der Waals surface area contributed by atoms with Crippen LogP contribution in [0.4, 0.5) is 26.3 Å². The van der Waals surface area contributed by atoms with Crippen LogP contribution in [0.15, 0.2) is 36.4 Å².